The van der Waals surface area contributed by atoms with Crippen molar-refractivity contribution < 1.29 is 0 Å². The smallest absolute Gasteiger partial charge is 0.0489 e. The first kappa shape index (κ1) is 10.3. The summed E-state index contributed by atoms with van der Waals surface area (Å²) in [7, 11) is 4.53. The lowest BCUT2D eigenvalue weighted by atomic mass is 9.72. The summed E-state index contributed by atoms with van der Waals surface area (Å²) in [5, 5.41) is 0. The van der Waals surface area contributed by atoms with Crippen molar-refractivity contribution in [1.29, 1.82) is 0 Å². The Morgan fingerprint density at radius 1 is 1.19 bits per heavy atom. The van der Waals surface area contributed by atoms with Gasteiger partial charge in [0.2, 0.25) is 0 Å². The van der Waals surface area contributed by atoms with Crippen LogP contribution < -0.4 is 0 Å². The highest BCUT2D eigenvalue weighted by molar-refractivity contribution is 5.40. The van der Waals surface area contributed by atoms with Crippen LogP contribution in [-0.4, -0.2) is 19.0 Å². The topological polar surface area (TPSA) is 3.24 Å². The van der Waals surface area contributed by atoms with Crippen molar-refractivity contribution in [2.45, 2.75) is 37.6 Å². The quantitative estimate of drug-likeness (QED) is 0.652. The molecule has 16 heavy (non-hydrogen) atoms. The average molecular weight is 216 g/mol. The fraction of sp³-hybridized carbons (Fsp3) is 0.600. The van der Waals surface area contributed by atoms with Crippen molar-refractivity contribution in [3.8, 4) is 0 Å². The minimum absolute atomic E-state index is 0.356. The van der Waals surface area contributed by atoms with Gasteiger partial charge >= 0.3 is 0 Å². The first-order valence-electron chi connectivity index (χ1n) is 6.51. The summed E-state index contributed by atoms with van der Waals surface area (Å²) in [6, 6.07) is 9.10. The molecule has 2 aliphatic carbocycles. The van der Waals surface area contributed by atoms with E-state index in [9.17, 15) is 0 Å². The zero-order chi connectivity index (χ0) is 11.2. The van der Waals surface area contributed by atoms with Crippen LogP contribution in [-0.2, 0) is 12.0 Å². The molecule has 0 aliphatic heterocycles. The summed E-state index contributed by atoms with van der Waals surface area (Å²) in [6.45, 7) is 0. The van der Waals surface area contributed by atoms with Gasteiger partial charge in [0.15, 0.2) is 0 Å². The van der Waals surface area contributed by atoms with Crippen molar-refractivity contribution in [1.82, 2.24) is 4.90 Å². The molecule has 0 aromatic heterocycles. The standard InChI is InChI=1S/C15H21N/c1-16(2)15-10-6-5-8-13(15)11-12-7-3-4-9-14(12)15/h3-4,7,9,13H,5-6,8,10-11H2,1-2H3/i1+1. The van der Waals surface area contributed by atoms with Gasteiger partial charge in [0, 0.05) is 5.54 Å². The summed E-state index contributed by atoms with van der Waals surface area (Å²) in [5.74, 6) is 0.855. The molecule has 2 unspecified atom stereocenters. The molecule has 0 amide bonds. The predicted octanol–water partition coefficient (Wildman–Crippen LogP) is 3.19. The second kappa shape index (κ2) is 3.59. The zero-order valence-electron chi connectivity index (χ0n) is 10.4. The van der Waals surface area contributed by atoms with E-state index in [-0.39, 0.29) is 0 Å². The Morgan fingerprint density at radius 3 is 2.81 bits per heavy atom. The molecule has 2 aliphatic rings. The van der Waals surface area contributed by atoms with Crippen LogP contribution in [0.15, 0.2) is 24.3 Å². The van der Waals surface area contributed by atoms with Crippen molar-refractivity contribution >= 4 is 0 Å². The van der Waals surface area contributed by atoms with Gasteiger partial charge in [-0.3, -0.25) is 4.90 Å². The van der Waals surface area contributed by atoms with Crippen LogP contribution in [0.2, 0.25) is 0 Å². The Hall–Kier alpha value is -0.820. The van der Waals surface area contributed by atoms with E-state index >= 15 is 0 Å². The molecule has 1 fully saturated rings. The van der Waals surface area contributed by atoms with Crippen LogP contribution in [0.3, 0.4) is 0 Å². The second-order valence-electron chi connectivity index (χ2n) is 5.62. The molecule has 1 nitrogen and oxygen atoms in total. The van der Waals surface area contributed by atoms with E-state index in [4.69, 9.17) is 0 Å². The largest absolute Gasteiger partial charge is 0.299 e. The normalized spacial score (nSPS) is 32.6. The van der Waals surface area contributed by atoms with Gasteiger partial charge in [-0.1, -0.05) is 37.1 Å². The minimum Gasteiger partial charge on any atom is -0.299 e. The SMILES string of the molecule is CN([13CH3])C12CCCCC1Cc1ccccc12. The van der Waals surface area contributed by atoms with Crippen LogP contribution in [0.5, 0.6) is 0 Å². The minimum atomic E-state index is 0.356. The van der Waals surface area contributed by atoms with Crippen molar-refractivity contribution in [3.63, 3.8) is 0 Å². The Bertz CT molecular complexity index is 396. The molecule has 86 valence electrons. The summed E-state index contributed by atoms with van der Waals surface area (Å²) >= 11 is 0. The van der Waals surface area contributed by atoms with Crippen LogP contribution in [0, 0.1) is 5.92 Å². The third-order valence-electron chi connectivity index (χ3n) is 4.78. The number of hydrogen-bond donors (Lipinski definition) is 0. The van der Waals surface area contributed by atoms with Crippen LogP contribution in [0.1, 0.15) is 36.8 Å². The third-order valence-corrected chi connectivity index (χ3v) is 4.78. The maximum Gasteiger partial charge on any atom is 0.0489 e. The molecule has 0 radical (unpaired) electrons. The van der Waals surface area contributed by atoms with Crippen LogP contribution in [0.4, 0.5) is 0 Å². The molecular weight excluding hydrogens is 195 g/mol. The Kier molecular flexibility index (Phi) is 2.32. The predicted molar refractivity (Wildman–Crippen MR) is 67.5 cm³/mol. The van der Waals surface area contributed by atoms with Gasteiger partial charge in [0.05, 0.1) is 0 Å². The second-order valence-corrected chi connectivity index (χ2v) is 5.62. The molecule has 1 saturated carbocycles. The number of hydrogen-bond acceptors (Lipinski definition) is 1. The Labute approximate surface area is 98.5 Å². The maximum absolute atomic E-state index is 2.49. The van der Waals surface area contributed by atoms with E-state index in [0.29, 0.717) is 5.54 Å². The molecule has 2 atom stereocenters. The average Bonchev–Trinajstić information content (AvgIpc) is 2.64. The summed E-state index contributed by atoms with van der Waals surface area (Å²) in [5.41, 5.74) is 3.57. The van der Waals surface area contributed by atoms with Gasteiger partial charge in [-0.05, 0) is 50.4 Å². The molecule has 3 rings (SSSR count). The zero-order valence-corrected chi connectivity index (χ0v) is 10.4. The maximum atomic E-state index is 2.49. The fourth-order valence-electron chi connectivity index (χ4n) is 4.07. The highest BCUT2D eigenvalue weighted by Gasteiger charge is 2.48. The highest BCUT2D eigenvalue weighted by atomic mass is 15.2. The fourth-order valence-corrected chi connectivity index (χ4v) is 4.07. The van der Waals surface area contributed by atoms with Crippen molar-refractivity contribution in [3.05, 3.63) is 35.4 Å². The molecule has 0 heterocycles. The van der Waals surface area contributed by atoms with Gasteiger partial charge in [0.25, 0.3) is 0 Å². The molecule has 1 heteroatoms. The van der Waals surface area contributed by atoms with Gasteiger partial charge < -0.3 is 0 Å². The number of nitrogens with zero attached hydrogens (tertiary/aromatic N) is 1. The van der Waals surface area contributed by atoms with E-state index in [0.717, 1.165) is 5.92 Å². The lowest BCUT2D eigenvalue weighted by molar-refractivity contribution is 0.0486. The van der Waals surface area contributed by atoms with Gasteiger partial charge in [-0.2, -0.15) is 0 Å². The van der Waals surface area contributed by atoms with E-state index in [1.54, 1.807) is 11.1 Å². The van der Waals surface area contributed by atoms with Crippen molar-refractivity contribution in [2.75, 3.05) is 14.1 Å². The highest BCUT2D eigenvalue weighted by Crippen LogP contribution is 2.52. The molecular formula is C15H21N. The van der Waals surface area contributed by atoms with E-state index in [1.807, 2.05) is 0 Å². The lowest BCUT2D eigenvalue weighted by Crippen LogP contribution is -2.47. The van der Waals surface area contributed by atoms with Crippen molar-refractivity contribution in [2.24, 2.45) is 5.92 Å². The molecule has 1 aromatic carbocycles. The Balaban J connectivity index is 2.14. The van der Waals surface area contributed by atoms with Crippen LogP contribution in [0.25, 0.3) is 0 Å². The summed E-state index contributed by atoms with van der Waals surface area (Å²) < 4.78 is 0. The number of fused-ring (bicyclic) bond motifs is 3. The van der Waals surface area contributed by atoms with Gasteiger partial charge in [0.1, 0.15) is 0 Å². The molecule has 1 aromatic rings. The molecule has 0 N–H and O–H groups in total. The molecule has 0 saturated heterocycles. The van der Waals surface area contributed by atoms with E-state index < -0.39 is 0 Å². The number of rotatable bonds is 1. The van der Waals surface area contributed by atoms with Crippen LogP contribution >= 0.6 is 0 Å². The van der Waals surface area contributed by atoms with E-state index in [2.05, 4.69) is 43.3 Å². The first-order valence-corrected chi connectivity index (χ1v) is 6.51. The first-order chi connectivity index (χ1) is 7.75. The lowest BCUT2D eigenvalue weighted by Gasteiger charge is -2.45. The summed E-state index contributed by atoms with van der Waals surface area (Å²) in [6.07, 6.45) is 6.88. The summed E-state index contributed by atoms with van der Waals surface area (Å²) in [4.78, 5) is 2.49. The van der Waals surface area contributed by atoms with E-state index in [1.165, 1.54) is 32.1 Å². The van der Waals surface area contributed by atoms with Gasteiger partial charge in [-0.15, -0.1) is 0 Å². The number of benzene rings is 1. The molecule has 0 spiro atoms. The third kappa shape index (κ3) is 1.21. The Morgan fingerprint density at radius 2 is 2.00 bits per heavy atom. The molecule has 0 bridgehead atoms. The monoisotopic (exact) mass is 216 g/mol. The van der Waals surface area contributed by atoms with Gasteiger partial charge in [-0.25, -0.2) is 0 Å².